The van der Waals surface area contributed by atoms with E-state index >= 15 is 0 Å². The Bertz CT molecular complexity index is 1520. The van der Waals surface area contributed by atoms with Crippen LogP contribution in [0.15, 0.2) is 12.2 Å². The van der Waals surface area contributed by atoms with Gasteiger partial charge in [-0.05, 0) is 19.3 Å². The van der Waals surface area contributed by atoms with E-state index in [-0.39, 0.29) is 18.9 Å². The third-order valence-electron chi connectivity index (χ3n) is 15.0. The van der Waals surface area contributed by atoms with Crippen LogP contribution >= 0.6 is 0 Å². The van der Waals surface area contributed by atoms with Crippen molar-refractivity contribution in [3.8, 4) is 0 Å². The van der Waals surface area contributed by atoms with Crippen molar-refractivity contribution in [1.29, 1.82) is 0 Å². The highest BCUT2D eigenvalue weighted by molar-refractivity contribution is 5.76. The van der Waals surface area contributed by atoms with Crippen LogP contribution in [0.1, 0.15) is 201 Å². The van der Waals surface area contributed by atoms with Crippen LogP contribution in [0.3, 0.4) is 0 Å². The van der Waals surface area contributed by atoms with Gasteiger partial charge in [0.05, 0.1) is 38.6 Å². The summed E-state index contributed by atoms with van der Waals surface area (Å²) in [6, 6.07) is -2.40. The number of carbonyl (C=O) groups is 2. The van der Waals surface area contributed by atoms with E-state index in [1.54, 1.807) is 6.08 Å². The predicted molar refractivity (Wildman–Crippen MR) is 284 cm³/mol. The highest BCUT2D eigenvalue weighted by atomic mass is 16.8. The first-order valence-corrected chi connectivity index (χ1v) is 29.4. The summed E-state index contributed by atoms with van der Waals surface area (Å²) >= 11 is 0. The Morgan fingerprint density at radius 2 is 0.921 bits per heavy atom. The third-order valence-corrected chi connectivity index (χ3v) is 15.0. The first-order chi connectivity index (χ1) is 36.7. The molecule has 3 heterocycles. The second-order valence-corrected chi connectivity index (χ2v) is 21.5. The fourth-order valence-electron chi connectivity index (χ4n) is 10.2. The highest BCUT2D eigenvalue weighted by Gasteiger charge is 2.54. The zero-order valence-electron chi connectivity index (χ0n) is 46.3. The Kier molecular flexibility index (Phi) is 36.2. The second-order valence-electron chi connectivity index (χ2n) is 21.5. The topological polar surface area (TPSA) is 316 Å². The van der Waals surface area contributed by atoms with Gasteiger partial charge in [-0.3, -0.25) is 9.59 Å². The molecule has 0 bridgehead atoms. The van der Waals surface area contributed by atoms with Crippen molar-refractivity contribution >= 4 is 11.8 Å². The van der Waals surface area contributed by atoms with Gasteiger partial charge in [0.25, 0.3) is 0 Å². The van der Waals surface area contributed by atoms with Crippen molar-refractivity contribution < 1.29 is 89.1 Å². The molecular weight excluding hydrogens is 989 g/mol. The lowest BCUT2D eigenvalue weighted by Crippen LogP contribution is -2.68. The molecule has 0 spiro atoms. The number of unbranched alkanes of at least 4 members (excludes halogenated alkanes) is 25. The summed E-state index contributed by atoms with van der Waals surface area (Å²) in [5.74, 6) is -0.924. The molecule has 12 N–H and O–H groups in total. The highest BCUT2D eigenvalue weighted by Crippen LogP contribution is 2.33. The minimum Gasteiger partial charge on any atom is -0.394 e. The number of aliphatic hydroxyl groups is 10. The molecule has 2 amide bonds. The average Bonchev–Trinajstić information content (AvgIpc) is 3.41. The largest absolute Gasteiger partial charge is 0.394 e. The minimum absolute atomic E-state index is 0.244. The van der Waals surface area contributed by atoms with Gasteiger partial charge in [0.1, 0.15) is 73.2 Å². The van der Waals surface area contributed by atoms with Gasteiger partial charge in [-0.25, -0.2) is 0 Å². The molecule has 17 atom stereocenters. The maximum Gasteiger partial charge on any atom is 0.220 e. The third kappa shape index (κ3) is 24.8. The normalized spacial score (nSPS) is 30.9. The molecule has 0 aliphatic carbocycles. The molecule has 0 saturated carbocycles. The van der Waals surface area contributed by atoms with Crippen molar-refractivity contribution in [3.63, 3.8) is 0 Å². The Balaban J connectivity index is 1.56. The summed E-state index contributed by atoms with van der Waals surface area (Å²) in [5.41, 5.74) is 0. The van der Waals surface area contributed by atoms with Crippen LogP contribution in [0.2, 0.25) is 0 Å². The standard InChI is InChI=1S/C56H104N2O18/c1-4-6-8-10-12-14-16-18-19-21-23-25-27-29-31-33-44(64)58-39(40(63)32-30-28-26-24-22-20-17-15-13-11-9-7-5-2)37-71-55-50(69)48(67)53(42(35-60)73-55)76-56-51(70)49(68)52(43(36-61)74-56)75-54-45(57-38(3)62)47(66)46(65)41(34-59)72-54/h30,32,39-43,45-56,59-61,63,65-70H,4-29,31,33-37H2,1-3H3,(H,57,62)(H,58,64)/t39-,40+,41+,42+,43+,45+,46-,47+,48+,49+,50+,51+,52-,53+,54-,55+,56-/m0/s1. The zero-order valence-corrected chi connectivity index (χ0v) is 46.3. The SMILES string of the molecule is CCCCCCCCCCCCCC=C[C@@H](O)[C@H](CO[C@@H]1O[C@H](CO)[C@@H](O[C@@H]2O[C@H](CO)[C@H](O[C@@H]3O[C@H](CO)[C@H](O)[C@H](O)[C@H]3NC(C)=O)[C@H](O)[C@H]2O)[C@H](O)[C@H]1O)NC(=O)CCCCCCCCCCCCCCCCC. The maximum atomic E-state index is 13.3. The average molecular weight is 1090 g/mol. The molecule has 3 fully saturated rings. The molecule has 0 aromatic carbocycles. The van der Waals surface area contributed by atoms with Crippen LogP contribution < -0.4 is 10.6 Å². The van der Waals surface area contributed by atoms with E-state index in [0.717, 1.165) is 51.9 Å². The number of nitrogens with one attached hydrogen (secondary N) is 2. The summed E-state index contributed by atoms with van der Waals surface area (Å²) < 4.78 is 34.8. The lowest BCUT2D eigenvalue weighted by Gasteiger charge is -2.48. The lowest BCUT2D eigenvalue weighted by atomic mass is 9.95. The van der Waals surface area contributed by atoms with Crippen LogP contribution in [0.5, 0.6) is 0 Å². The van der Waals surface area contributed by atoms with Crippen LogP contribution in [-0.2, 0) is 38.0 Å². The van der Waals surface area contributed by atoms with Gasteiger partial charge < -0.3 is 90.1 Å². The van der Waals surface area contributed by atoms with E-state index in [1.807, 2.05) is 6.08 Å². The maximum absolute atomic E-state index is 13.3. The number of carbonyl (C=O) groups excluding carboxylic acids is 2. The van der Waals surface area contributed by atoms with Crippen molar-refractivity contribution in [2.24, 2.45) is 0 Å². The summed E-state index contributed by atoms with van der Waals surface area (Å²) in [7, 11) is 0. The molecule has 3 rings (SSSR count). The van der Waals surface area contributed by atoms with Crippen molar-refractivity contribution in [2.45, 2.75) is 305 Å². The molecule has 0 unspecified atom stereocenters. The summed E-state index contributed by atoms with van der Waals surface area (Å²) in [6.07, 6.45) is 11.1. The molecule has 76 heavy (non-hydrogen) atoms. The predicted octanol–water partition coefficient (Wildman–Crippen LogP) is 3.96. The van der Waals surface area contributed by atoms with E-state index < -0.39 is 130 Å². The van der Waals surface area contributed by atoms with Crippen LogP contribution in [0.4, 0.5) is 0 Å². The number of amides is 2. The van der Waals surface area contributed by atoms with Gasteiger partial charge >= 0.3 is 0 Å². The lowest BCUT2D eigenvalue weighted by molar-refractivity contribution is -0.374. The quantitative estimate of drug-likeness (QED) is 0.0304. The molecule has 20 nitrogen and oxygen atoms in total. The fourth-order valence-corrected chi connectivity index (χ4v) is 10.2. The fraction of sp³-hybridized carbons (Fsp3) is 0.929. The Morgan fingerprint density at radius 3 is 1.38 bits per heavy atom. The molecule has 0 aromatic heterocycles. The number of hydrogen-bond acceptors (Lipinski definition) is 18. The van der Waals surface area contributed by atoms with Gasteiger partial charge in [-0.1, -0.05) is 180 Å². The van der Waals surface area contributed by atoms with Gasteiger partial charge in [-0.15, -0.1) is 0 Å². The number of aliphatic hydroxyl groups excluding tert-OH is 10. The van der Waals surface area contributed by atoms with Gasteiger partial charge in [0.2, 0.25) is 11.8 Å². The van der Waals surface area contributed by atoms with Gasteiger partial charge in [0.15, 0.2) is 18.9 Å². The van der Waals surface area contributed by atoms with Crippen molar-refractivity contribution in [2.75, 3.05) is 26.4 Å². The Labute approximate surface area is 453 Å². The molecule has 0 radical (unpaired) electrons. The first-order valence-electron chi connectivity index (χ1n) is 29.4. The van der Waals surface area contributed by atoms with E-state index in [4.69, 9.17) is 28.4 Å². The molecule has 3 saturated heterocycles. The van der Waals surface area contributed by atoms with Crippen molar-refractivity contribution in [3.05, 3.63) is 12.2 Å². The summed E-state index contributed by atoms with van der Waals surface area (Å²) in [4.78, 5) is 25.3. The zero-order chi connectivity index (χ0) is 55.7. The van der Waals surface area contributed by atoms with Gasteiger partial charge in [0, 0.05) is 13.3 Å². The first kappa shape index (κ1) is 68.3. The van der Waals surface area contributed by atoms with Crippen molar-refractivity contribution in [1.82, 2.24) is 10.6 Å². The molecule has 3 aliphatic rings. The molecular formula is C56H104N2O18. The number of hydrogen-bond donors (Lipinski definition) is 12. The van der Waals surface area contributed by atoms with E-state index in [9.17, 15) is 60.7 Å². The number of ether oxygens (including phenoxy) is 6. The Morgan fingerprint density at radius 1 is 0.513 bits per heavy atom. The smallest absolute Gasteiger partial charge is 0.220 e. The molecule has 0 aromatic rings. The molecule has 446 valence electrons. The summed E-state index contributed by atoms with van der Waals surface area (Å²) in [6.45, 7) is 2.82. The van der Waals surface area contributed by atoms with Crippen LogP contribution in [0, 0.1) is 0 Å². The number of allylic oxidation sites excluding steroid dienone is 1. The van der Waals surface area contributed by atoms with E-state index in [2.05, 4.69) is 24.5 Å². The second kappa shape index (κ2) is 40.3. The van der Waals surface area contributed by atoms with Crippen LogP contribution in [-0.4, -0.2) is 194 Å². The van der Waals surface area contributed by atoms with Crippen LogP contribution in [0.25, 0.3) is 0 Å². The number of rotatable bonds is 42. The van der Waals surface area contributed by atoms with Gasteiger partial charge in [-0.2, -0.15) is 0 Å². The Hall–Kier alpha value is -1.96. The minimum atomic E-state index is -1.99. The summed E-state index contributed by atoms with van der Waals surface area (Å²) in [5, 5.41) is 113. The monoisotopic (exact) mass is 1090 g/mol. The molecule has 20 heteroatoms. The molecule has 3 aliphatic heterocycles. The van der Waals surface area contributed by atoms with E-state index in [0.29, 0.717) is 6.42 Å². The van der Waals surface area contributed by atoms with E-state index in [1.165, 1.54) is 122 Å².